The molecular formula is C11H19N3O2. The summed E-state index contributed by atoms with van der Waals surface area (Å²) in [5, 5.41) is 2.71. The maximum Gasteiger partial charge on any atom is 0.245 e. The first kappa shape index (κ1) is 11.4. The summed E-state index contributed by atoms with van der Waals surface area (Å²) in [6.07, 6.45) is 2.06. The molecule has 0 aromatic carbocycles. The Bertz CT molecular complexity index is 296. The predicted octanol–water partition coefficient (Wildman–Crippen LogP) is -0.539. The van der Waals surface area contributed by atoms with Crippen molar-refractivity contribution in [2.24, 2.45) is 11.7 Å². The maximum atomic E-state index is 12.1. The molecule has 90 valence electrons. The molecular weight excluding hydrogens is 206 g/mol. The zero-order valence-corrected chi connectivity index (χ0v) is 9.61. The van der Waals surface area contributed by atoms with Crippen molar-refractivity contribution < 1.29 is 9.59 Å². The van der Waals surface area contributed by atoms with Crippen LogP contribution in [0.2, 0.25) is 0 Å². The Morgan fingerprint density at radius 3 is 2.81 bits per heavy atom. The van der Waals surface area contributed by atoms with Crippen LogP contribution in [0, 0.1) is 5.92 Å². The molecule has 5 nitrogen and oxygen atoms in total. The molecule has 0 aromatic heterocycles. The largest absolute Gasteiger partial charge is 0.344 e. The summed E-state index contributed by atoms with van der Waals surface area (Å²) in [5.74, 6) is 0.463. The van der Waals surface area contributed by atoms with Gasteiger partial charge in [-0.25, -0.2) is 0 Å². The molecule has 0 radical (unpaired) electrons. The number of nitrogens with zero attached hydrogens (tertiary/aromatic N) is 1. The highest BCUT2D eigenvalue weighted by Gasteiger charge is 2.33. The Morgan fingerprint density at radius 1 is 1.50 bits per heavy atom. The van der Waals surface area contributed by atoms with Crippen molar-refractivity contribution in [2.75, 3.05) is 13.1 Å². The van der Waals surface area contributed by atoms with Gasteiger partial charge in [0.2, 0.25) is 11.8 Å². The number of carbonyl (C=O) groups is 2. The molecule has 0 saturated carbocycles. The number of nitrogens with two attached hydrogens (primary N) is 1. The molecule has 2 aliphatic heterocycles. The van der Waals surface area contributed by atoms with Gasteiger partial charge < -0.3 is 16.0 Å². The van der Waals surface area contributed by atoms with Gasteiger partial charge in [0.05, 0.1) is 0 Å². The Kier molecular flexibility index (Phi) is 3.14. The van der Waals surface area contributed by atoms with Gasteiger partial charge in [-0.3, -0.25) is 9.59 Å². The van der Waals surface area contributed by atoms with E-state index in [4.69, 9.17) is 5.73 Å². The van der Waals surface area contributed by atoms with Crippen LogP contribution in [0.1, 0.15) is 26.2 Å². The lowest BCUT2D eigenvalue weighted by atomic mass is 9.96. The van der Waals surface area contributed by atoms with Crippen LogP contribution in [0.3, 0.4) is 0 Å². The van der Waals surface area contributed by atoms with E-state index in [1.54, 1.807) is 4.90 Å². The van der Waals surface area contributed by atoms with E-state index < -0.39 is 0 Å². The molecule has 0 aromatic rings. The summed E-state index contributed by atoms with van der Waals surface area (Å²) in [4.78, 5) is 25.0. The van der Waals surface area contributed by atoms with Gasteiger partial charge in [-0.1, -0.05) is 6.92 Å². The predicted molar refractivity (Wildman–Crippen MR) is 59.5 cm³/mol. The van der Waals surface area contributed by atoms with Gasteiger partial charge in [0.1, 0.15) is 6.04 Å². The molecule has 3 atom stereocenters. The minimum Gasteiger partial charge on any atom is -0.344 e. The van der Waals surface area contributed by atoms with Gasteiger partial charge in [0.25, 0.3) is 0 Å². The lowest BCUT2D eigenvalue weighted by Crippen LogP contribution is -2.53. The van der Waals surface area contributed by atoms with E-state index in [-0.39, 0.29) is 23.9 Å². The fourth-order valence-corrected chi connectivity index (χ4v) is 2.60. The molecule has 2 heterocycles. The average molecular weight is 225 g/mol. The SMILES string of the molecule is CC1CC(N)CN(C(=O)C2CCC(=O)N2)C1. The molecule has 0 spiro atoms. The molecule has 3 N–H and O–H groups in total. The monoisotopic (exact) mass is 225 g/mol. The highest BCUT2D eigenvalue weighted by atomic mass is 16.2. The molecule has 2 saturated heterocycles. The summed E-state index contributed by atoms with van der Waals surface area (Å²) in [6, 6.07) is -0.241. The summed E-state index contributed by atoms with van der Waals surface area (Å²) in [7, 11) is 0. The Balaban J connectivity index is 1.96. The van der Waals surface area contributed by atoms with E-state index >= 15 is 0 Å². The number of likely N-dealkylation sites (tertiary alicyclic amines) is 1. The van der Waals surface area contributed by atoms with Gasteiger partial charge in [-0.05, 0) is 18.8 Å². The quantitative estimate of drug-likeness (QED) is 0.629. The molecule has 2 aliphatic rings. The first-order valence-electron chi connectivity index (χ1n) is 5.90. The van der Waals surface area contributed by atoms with Crippen molar-refractivity contribution in [3.8, 4) is 0 Å². The van der Waals surface area contributed by atoms with E-state index in [2.05, 4.69) is 12.2 Å². The molecule has 5 heteroatoms. The Labute approximate surface area is 95.3 Å². The van der Waals surface area contributed by atoms with Crippen molar-refractivity contribution >= 4 is 11.8 Å². The number of piperidine rings is 1. The first-order chi connectivity index (χ1) is 7.56. The standard InChI is InChI=1S/C11H19N3O2/c1-7-4-8(12)6-14(5-7)11(16)9-2-3-10(15)13-9/h7-9H,2-6,12H2,1H3,(H,13,15). The highest BCUT2D eigenvalue weighted by molar-refractivity contribution is 5.90. The zero-order chi connectivity index (χ0) is 11.7. The topological polar surface area (TPSA) is 75.4 Å². The third-order valence-corrected chi connectivity index (χ3v) is 3.30. The van der Waals surface area contributed by atoms with Crippen LogP contribution < -0.4 is 11.1 Å². The maximum absolute atomic E-state index is 12.1. The number of amides is 2. The van der Waals surface area contributed by atoms with Crippen molar-refractivity contribution in [3.63, 3.8) is 0 Å². The van der Waals surface area contributed by atoms with Crippen molar-refractivity contribution in [1.29, 1.82) is 0 Å². The van der Waals surface area contributed by atoms with Crippen molar-refractivity contribution in [1.82, 2.24) is 10.2 Å². The minimum absolute atomic E-state index is 0.0206. The van der Waals surface area contributed by atoms with E-state index in [1.165, 1.54) is 0 Å². The second kappa shape index (κ2) is 4.41. The minimum atomic E-state index is -0.315. The van der Waals surface area contributed by atoms with Crippen LogP contribution in [0.25, 0.3) is 0 Å². The van der Waals surface area contributed by atoms with Gasteiger partial charge in [0, 0.05) is 25.6 Å². The third kappa shape index (κ3) is 2.35. The van der Waals surface area contributed by atoms with Gasteiger partial charge >= 0.3 is 0 Å². The smallest absolute Gasteiger partial charge is 0.245 e. The first-order valence-corrected chi connectivity index (χ1v) is 5.90. The van der Waals surface area contributed by atoms with Crippen LogP contribution >= 0.6 is 0 Å². The second-order valence-electron chi connectivity index (χ2n) is 5.00. The molecule has 3 unspecified atom stereocenters. The fraction of sp³-hybridized carbons (Fsp3) is 0.818. The molecule has 0 aliphatic carbocycles. The van der Waals surface area contributed by atoms with E-state index in [0.717, 1.165) is 13.0 Å². The van der Waals surface area contributed by atoms with Gasteiger partial charge in [-0.15, -0.1) is 0 Å². The van der Waals surface area contributed by atoms with E-state index in [9.17, 15) is 9.59 Å². The number of rotatable bonds is 1. The second-order valence-corrected chi connectivity index (χ2v) is 5.00. The Hall–Kier alpha value is -1.10. The summed E-state index contributed by atoms with van der Waals surface area (Å²) >= 11 is 0. The molecule has 16 heavy (non-hydrogen) atoms. The van der Waals surface area contributed by atoms with Crippen LogP contribution in [-0.4, -0.2) is 41.9 Å². The number of nitrogens with one attached hydrogen (secondary N) is 1. The van der Waals surface area contributed by atoms with Crippen LogP contribution in [0.15, 0.2) is 0 Å². The number of hydrogen-bond donors (Lipinski definition) is 2. The normalized spacial score (nSPS) is 35.0. The van der Waals surface area contributed by atoms with E-state index in [0.29, 0.717) is 25.3 Å². The molecule has 0 bridgehead atoms. The lowest BCUT2D eigenvalue weighted by molar-refractivity contribution is -0.136. The highest BCUT2D eigenvalue weighted by Crippen LogP contribution is 2.18. The van der Waals surface area contributed by atoms with Gasteiger partial charge in [-0.2, -0.15) is 0 Å². The third-order valence-electron chi connectivity index (χ3n) is 3.30. The summed E-state index contributed by atoms with van der Waals surface area (Å²) in [6.45, 7) is 3.49. The summed E-state index contributed by atoms with van der Waals surface area (Å²) < 4.78 is 0. The molecule has 2 fully saturated rings. The van der Waals surface area contributed by atoms with Crippen LogP contribution in [-0.2, 0) is 9.59 Å². The Morgan fingerprint density at radius 2 is 2.25 bits per heavy atom. The van der Waals surface area contributed by atoms with Crippen molar-refractivity contribution in [3.05, 3.63) is 0 Å². The average Bonchev–Trinajstić information content (AvgIpc) is 2.62. The fourth-order valence-electron chi connectivity index (χ4n) is 2.60. The van der Waals surface area contributed by atoms with E-state index in [1.807, 2.05) is 0 Å². The number of hydrogen-bond acceptors (Lipinski definition) is 3. The van der Waals surface area contributed by atoms with Crippen LogP contribution in [0.5, 0.6) is 0 Å². The lowest BCUT2D eigenvalue weighted by Gasteiger charge is -2.36. The van der Waals surface area contributed by atoms with Crippen molar-refractivity contribution in [2.45, 2.75) is 38.3 Å². The molecule has 2 amide bonds. The van der Waals surface area contributed by atoms with Crippen LogP contribution in [0.4, 0.5) is 0 Å². The summed E-state index contributed by atoms with van der Waals surface area (Å²) in [5.41, 5.74) is 5.90. The molecule has 2 rings (SSSR count). The number of carbonyl (C=O) groups excluding carboxylic acids is 2. The zero-order valence-electron chi connectivity index (χ0n) is 9.61. The van der Waals surface area contributed by atoms with Gasteiger partial charge in [0.15, 0.2) is 0 Å².